The number of benzene rings is 1. The Hall–Kier alpha value is -1.55. The molecule has 1 N–H and O–H groups in total. The highest BCUT2D eigenvalue weighted by Gasteiger charge is 2.41. The van der Waals surface area contributed by atoms with Gasteiger partial charge in [-0.25, -0.2) is 13.2 Å². The molecule has 1 aliphatic rings. The van der Waals surface area contributed by atoms with Crippen molar-refractivity contribution in [3.05, 3.63) is 29.6 Å². The zero-order chi connectivity index (χ0) is 23.0. The molecule has 0 radical (unpaired) electrons. The SMILES string of the molecule is CC(=O)N[C@@H](C)CSC1CCC(OCc2ccc(OCC(F)(F)C(F)F)cc2F)CC1. The first-order chi connectivity index (χ1) is 14.6. The third-order valence-corrected chi connectivity index (χ3v) is 6.54. The molecule has 2 rings (SSSR count). The molecule has 0 aliphatic heterocycles. The molecule has 10 heteroatoms. The van der Waals surface area contributed by atoms with Crippen molar-refractivity contribution >= 4 is 17.7 Å². The Morgan fingerprint density at radius 1 is 1.26 bits per heavy atom. The van der Waals surface area contributed by atoms with Crippen molar-refractivity contribution in [1.29, 1.82) is 0 Å². The number of carbonyl (C=O) groups excluding carboxylic acids is 1. The van der Waals surface area contributed by atoms with E-state index in [1.165, 1.54) is 19.1 Å². The van der Waals surface area contributed by atoms with Gasteiger partial charge in [-0.1, -0.05) is 6.07 Å². The van der Waals surface area contributed by atoms with Gasteiger partial charge in [-0.2, -0.15) is 20.5 Å². The minimum Gasteiger partial charge on any atom is -0.487 e. The van der Waals surface area contributed by atoms with E-state index in [4.69, 9.17) is 4.74 Å². The van der Waals surface area contributed by atoms with Crippen LogP contribution in [-0.4, -0.2) is 48.0 Å². The lowest BCUT2D eigenvalue weighted by atomic mass is 9.97. The lowest BCUT2D eigenvalue weighted by molar-refractivity contribution is -0.148. The largest absolute Gasteiger partial charge is 0.487 e. The molecule has 1 aliphatic carbocycles. The minimum atomic E-state index is -4.29. The first-order valence-corrected chi connectivity index (χ1v) is 11.2. The van der Waals surface area contributed by atoms with E-state index in [1.54, 1.807) is 0 Å². The Bertz CT molecular complexity index is 714. The van der Waals surface area contributed by atoms with Crippen LogP contribution >= 0.6 is 11.8 Å². The van der Waals surface area contributed by atoms with E-state index in [2.05, 4.69) is 10.1 Å². The van der Waals surface area contributed by atoms with Crippen molar-refractivity contribution in [1.82, 2.24) is 5.32 Å². The van der Waals surface area contributed by atoms with Crippen molar-refractivity contribution in [2.75, 3.05) is 12.4 Å². The van der Waals surface area contributed by atoms with Crippen LogP contribution in [0, 0.1) is 5.82 Å². The van der Waals surface area contributed by atoms with Crippen molar-refractivity contribution < 1.29 is 36.2 Å². The number of hydrogen-bond acceptors (Lipinski definition) is 4. The molecule has 1 amide bonds. The van der Waals surface area contributed by atoms with Crippen LogP contribution in [0.15, 0.2) is 18.2 Å². The van der Waals surface area contributed by atoms with Crippen LogP contribution in [0.1, 0.15) is 45.1 Å². The van der Waals surface area contributed by atoms with E-state index in [0.717, 1.165) is 37.5 Å². The van der Waals surface area contributed by atoms with Gasteiger partial charge in [0.25, 0.3) is 0 Å². The average Bonchev–Trinajstić information content (AvgIpc) is 2.70. The Balaban J connectivity index is 1.72. The predicted molar refractivity (Wildman–Crippen MR) is 109 cm³/mol. The topological polar surface area (TPSA) is 47.6 Å². The van der Waals surface area contributed by atoms with E-state index < -0.39 is 24.8 Å². The molecule has 0 aromatic heterocycles. The smallest absolute Gasteiger partial charge is 0.340 e. The molecular formula is C21H28F5NO3S. The maximum absolute atomic E-state index is 14.2. The highest BCUT2D eigenvalue weighted by Crippen LogP contribution is 2.31. The van der Waals surface area contributed by atoms with Gasteiger partial charge in [0.05, 0.1) is 12.7 Å². The summed E-state index contributed by atoms with van der Waals surface area (Å²) >= 11 is 1.83. The Kier molecular flexibility index (Phi) is 9.87. The average molecular weight is 470 g/mol. The Labute approximate surface area is 183 Å². The van der Waals surface area contributed by atoms with Crippen LogP contribution in [0.5, 0.6) is 5.75 Å². The second kappa shape index (κ2) is 11.9. The van der Waals surface area contributed by atoms with E-state index in [-0.39, 0.29) is 36.0 Å². The van der Waals surface area contributed by atoms with Crippen LogP contribution in [0.4, 0.5) is 22.0 Å². The molecule has 1 fully saturated rings. The summed E-state index contributed by atoms with van der Waals surface area (Å²) in [5, 5.41) is 3.36. The molecule has 0 bridgehead atoms. The quantitative estimate of drug-likeness (QED) is 0.453. The zero-order valence-corrected chi connectivity index (χ0v) is 18.3. The van der Waals surface area contributed by atoms with Crippen LogP contribution in [0.3, 0.4) is 0 Å². The molecule has 1 aromatic carbocycles. The standard InChI is InChI=1S/C21H28F5NO3S/c1-13(27-14(2)28)11-31-18-7-5-16(6-8-18)29-10-15-3-4-17(9-19(15)22)30-12-21(25,26)20(23)24/h3-4,9,13,16,18,20H,5-8,10-12H2,1-2H3,(H,27,28)/t13-,16?,18?/m0/s1. The molecule has 4 nitrogen and oxygen atoms in total. The summed E-state index contributed by atoms with van der Waals surface area (Å²) in [7, 11) is 0. The van der Waals surface area contributed by atoms with Gasteiger partial charge in [-0.05, 0) is 38.7 Å². The van der Waals surface area contributed by atoms with Gasteiger partial charge in [0.2, 0.25) is 5.91 Å². The summed E-state index contributed by atoms with van der Waals surface area (Å²) < 4.78 is 74.7. The number of halogens is 5. The van der Waals surface area contributed by atoms with Crippen molar-refractivity contribution in [3.63, 3.8) is 0 Å². The van der Waals surface area contributed by atoms with Crippen molar-refractivity contribution in [2.24, 2.45) is 0 Å². The highest BCUT2D eigenvalue weighted by atomic mass is 32.2. The highest BCUT2D eigenvalue weighted by molar-refractivity contribution is 7.99. The van der Waals surface area contributed by atoms with Gasteiger partial charge in [-0.3, -0.25) is 4.79 Å². The van der Waals surface area contributed by atoms with Gasteiger partial charge >= 0.3 is 12.3 Å². The number of thioether (sulfide) groups is 1. The molecule has 1 atom stereocenters. The zero-order valence-electron chi connectivity index (χ0n) is 17.5. The van der Waals surface area contributed by atoms with Gasteiger partial charge in [0.15, 0.2) is 6.61 Å². The third-order valence-electron chi connectivity index (χ3n) is 4.90. The number of alkyl halides is 4. The van der Waals surface area contributed by atoms with Crippen molar-refractivity contribution in [3.8, 4) is 5.75 Å². The van der Waals surface area contributed by atoms with E-state index >= 15 is 0 Å². The second-order valence-electron chi connectivity index (χ2n) is 7.75. The molecule has 176 valence electrons. The maximum Gasteiger partial charge on any atom is 0.340 e. The van der Waals surface area contributed by atoms with Crippen LogP contribution in [-0.2, 0) is 16.1 Å². The maximum atomic E-state index is 14.2. The fraction of sp³-hybridized carbons (Fsp3) is 0.667. The summed E-state index contributed by atoms with van der Waals surface area (Å²) in [6.45, 7) is 1.98. The Morgan fingerprint density at radius 3 is 2.52 bits per heavy atom. The monoisotopic (exact) mass is 469 g/mol. The first kappa shape index (κ1) is 25.7. The molecule has 0 spiro atoms. The third kappa shape index (κ3) is 8.84. The molecule has 31 heavy (non-hydrogen) atoms. The van der Waals surface area contributed by atoms with Crippen LogP contribution in [0.2, 0.25) is 0 Å². The summed E-state index contributed by atoms with van der Waals surface area (Å²) in [5.41, 5.74) is 0.244. The predicted octanol–water partition coefficient (Wildman–Crippen LogP) is 5.19. The van der Waals surface area contributed by atoms with Crippen molar-refractivity contribution in [2.45, 2.75) is 75.9 Å². The normalized spacial score (nSPS) is 20.5. The lowest BCUT2D eigenvalue weighted by Gasteiger charge is -2.29. The molecule has 1 aromatic rings. The number of nitrogens with one attached hydrogen (secondary N) is 1. The Morgan fingerprint density at radius 2 is 1.94 bits per heavy atom. The summed E-state index contributed by atoms with van der Waals surface area (Å²) in [4.78, 5) is 11.0. The molecular weight excluding hydrogens is 441 g/mol. The van der Waals surface area contributed by atoms with Gasteiger partial charge in [-0.15, -0.1) is 0 Å². The number of amides is 1. The van der Waals surface area contributed by atoms with E-state index in [9.17, 15) is 26.7 Å². The van der Waals surface area contributed by atoms with Gasteiger partial charge in [0.1, 0.15) is 11.6 Å². The summed E-state index contributed by atoms with van der Waals surface area (Å²) in [6.07, 6.45) is -0.218. The summed E-state index contributed by atoms with van der Waals surface area (Å²) in [5.74, 6) is -4.43. The summed E-state index contributed by atoms with van der Waals surface area (Å²) in [6, 6.07) is 3.61. The van der Waals surface area contributed by atoms with E-state index in [1.807, 2.05) is 18.7 Å². The van der Waals surface area contributed by atoms with Gasteiger partial charge < -0.3 is 14.8 Å². The first-order valence-electron chi connectivity index (χ1n) is 10.1. The van der Waals surface area contributed by atoms with Gasteiger partial charge in [0, 0.05) is 35.6 Å². The number of carbonyl (C=O) groups is 1. The van der Waals surface area contributed by atoms with E-state index in [0.29, 0.717) is 5.25 Å². The fourth-order valence-electron chi connectivity index (χ4n) is 3.22. The van der Waals surface area contributed by atoms with Crippen LogP contribution in [0.25, 0.3) is 0 Å². The molecule has 1 saturated carbocycles. The lowest BCUT2D eigenvalue weighted by Crippen LogP contribution is -2.33. The minimum absolute atomic E-state index is 0.00433. The number of hydrogen-bond donors (Lipinski definition) is 1. The number of ether oxygens (including phenoxy) is 2. The molecule has 0 unspecified atom stereocenters. The second-order valence-corrected chi connectivity index (χ2v) is 9.08. The molecule has 0 saturated heterocycles. The van der Waals surface area contributed by atoms with Crippen LogP contribution < -0.4 is 10.1 Å². The fourth-order valence-corrected chi connectivity index (χ4v) is 4.47. The number of rotatable bonds is 11. The molecule has 0 heterocycles.